The highest BCUT2D eigenvalue weighted by Crippen LogP contribution is 2.37. The van der Waals surface area contributed by atoms with Gasteiger partial charge in [-0.1, -0.05) is 6.07 Å². The maximum Gasteiger partial charge on any atom is 0.418 e. The van der Waals surface area contributed by atoms with Gasteiger partial charge in [-0.15, -0.1) is 0 Å². The Morgan fingerprint density at radius 2 is 2.04 bits per heavy atom. The van der Waals surface area contributed by atoms with E-state index in [0.717, 1.165) is 6.07 Å². The summed E-state index contributed by atoms with van der Waals surface area (Å²) in [7, 11) is 0. The van der Waals surface area contributed by atoms with E-state index in [2.05, 4.69) is 10.3 Å². The lowest BCUT2D eigenvalue weighted by Gasteiger charge is -2.15. The number of hydrogen-bond donors (Lipinski definition) is 3. The maximum absolute atomic E-state index is 13.1. The Morgan fingerprint density at radius 3 is 2.67 bits per heavy atom. The van der Waals surface area contributed by atoms with Gasteiger partial charge in [0.2, 0.25) is 5.88 Å². The molecule has 0 unspecified atom stereocenters. The minimum Gasteiger partial charge on any atom is -0.439 e. The number of nitrogens with one attached hydrogen (secondary N) is 2. The summed E-state index contributed by atoms with van der Waals surface area (Å²) >= 11 is 0. The number of nitrogen functional groups attached to an aromatic ring is 1. The minimum atomic E-state index is -4.54. The number of ether oxygens (including phenoxy) is 1. The lowest BCUT2D eigenvalue weighted by Crippen LogP contribution is -2.30. The van der Waals surface area contributed by atoms with Crippen LogP contribution in [0.3, 0.4) is 0 Å². The van der Waals surface area contributed by atoms with E-state index in [1.54, 1.807) is 6.92 Å². The van der Waals surface area contributed by atoms with Gasteiger partial charge in [0.05, 0.1) is 5.56 Å². The number of rotatable bonds is 5. The van der Waals surface area contributed by atoms with Gasteiger partial charge in [0.15, 0.2) is 0 Å². The molecular weight excluding hydrogens is 325 g/mol. The molecule has 0 fully saturated rings. The van der Waals surface area contributed by atoms with Crippen LogP contribution in [0.15, 0.2) is 36.4 Å². The second-order valence-electron chi connectivity index (χ2n) is 4.67. The fraction of sp³-hybridized carbons (Fsp3) is 0.200. The van der Waals surface area contributed by atoms with Gasteiger partial charge in [0.25, 0.3) is 5.91 Å². The number of pyridine rings is 1. The van der Waals surface area contributed by atoms with Crippen LogP contribution in [0.25, 0.3) is 0 Å². The van der Waals surface area contributed by atoms with E-state index >= 15 is 0 Å². The number of carbonyl (C=O) groups excluding carboxylic acids is 1. The van der Waals surface area contributed by atoms with Crippen molar-refractivity contribution in [3.8, 4) is 11.6 Å². The zero-order chi connectivity index (χ0) is 17.7. The van der Waals surface area contributed by atoms with E-state index in [9.17, 15) is 18.0 Å². The SMILES string of the molecule is CCNc1ccc(Oc2cccc(C(=O)NN)n2)cc1C(F)(F)F. The topological polar surface area (TPSA) is 89.3 Å². The molecular formula is C15H15F3N4O2. The van der Waals surface area contributed by atoms with Crippen molar-refractivity contribution in [1.82, 2.24) is 10.4 Å². The number of hydrazine groups is 1. The molecule has 0 bridgehead atoms. The maximum atomic E-state index is 13.1. The fourth-order valence-electron chi connectivity index (χ4n) is 1.96. The third-order valence-corrected chi connectivity index (χ3v) is 2.97. The highest BCUT2D eigenvalue weighted by atomic mass is 19.4. The zero-order valence-electron chi connectivity index (χ0n) is 12.6. The molecule has 0 aliphatic carbocycles. The molecule has 0 saturated heterocycles. The van der Waals surface area contributed by atoms with Gasteiger partial charge < -0.3 is 10.1 Å². The molecule has 1 aromatic carbocycles. The van der Waals surface area contributed by atoms with E-state index in [0.29, 0.717) is 6.54 Å². The van der Waals surface area contributed by atoms with Crippen LogP contribution in [0, 0.1) is 0 Å². The third-order valence-electron chi connectivity index (χ3n) is 2.97. The van der Waals surface area contributed by atoms with Crippen LogP contribution in [0.5, 0.6) is 11.6 Å². The van der Waals surface area contributed by atoms with Crippen LogP contribution < -0.4 is 21.3 Å². The second kappa shape index (κ2) is 7.18. The van der Waals surface area contributed by atoms with Crippen molar-refractivity contribution in [2.45, 2.75) is 13.1 Å². The summed E-state index contributed by atoms with van der Waals surface area (Å²) in [5.41, 5.74) is 1.00. The van der Waals surface area contributed by atoms with Crippen LogP contribution in [-0.2, 0) is 6.18 Å². The molecule has 6 nitrogen and oxygen atoms in total. The van der Waals surface area contributed by atoms with Crippen molar-refractivity contribution >= 4 is 11.6 Å². The molecule has 2 rings (SSSR count). The van der Waals surface area contributed by atoms with Crippen LogP contribution >= 0.6 is 0 Å². The number of amides is 1. The molecule has 1 heterocycles. The molecule has 4 N–H and O–H groups in total. The minimum absolute atomic E-state index is 0.0182. The Kier molecular flexibility index (Phi) is 5.24. The summed E-state index contributed by atoms with van der Waals surface area (Å²) in [5, 5.41) is 2.65. The van der Waals surface area contributed by atoms with Gasteiger partial charge in [-0.25, -0.2) is 10.8 Å². The van der Waals surface area contributed by atoms with Gasteiger partial charge in [-0.05, 0) is 31.2 Å². The van der Waals surface area contributed by atoms with Gasteiger partial charge in [-0.2, -0.15) is 13.2 Å². The first-order valence-corrected chi connectivity index (χ1v) is 6.96. The Morgan fingerprint density at radius 1 is 1.29 bits per heavy atom. The highest BCUT2D eigenvalue weighted by molar-refractivity contribution is 5.91. The number of nitrogens with two attached hydrogens (primary N) is 1. The Labute approximate surface area is 135 Å². The van der Waals surface area contributed by atoms with Crippen molar-refractivity contribution in [2.24, 2.45) is 5.84 Å². The Bertz CT molecular complexity index is 735. The number of aromatic nitrogens is 1. The lowest BCUT2D eigenvalue weighted by molar-refractivity contribution is -0.137. The third kappa shape index (κ3) is 4.13. The summed E-state index contributed by atoms with van der Waals surface area (Å²) in [6.07, 6.45) is -4.54. The average Bonchev–Trinajstić information content (AvgIpc) is 2.55. The number of nitrogens with zero attached hydrogens (tertiary/aromatic N) is 1. The summed E-state index contributed by atoms with van der Waals surface area (Å²) in [5.74, 6) is 4.29. The molecule has 1 amide bonds. The molecule has 9 heteroatoms. The molecule has 0 aliphatic heterocycles. The standard InChI is InChI=1S/C15H15F3N4O2/c1-2-20-11-7-6-9(8-10(11)15(16,17)18)24-13-5-3-4-12(21-13)14(23)22-19/h3-8,20H,2,19H2,1H3,(H,22,23). The summed E-state index contributed by atoms with van der Waals surface area (Å²) in [4.78, 5) is 15.3. The molecule has 0 atom stereocenters. The first-order valence-electron chi connectivity index (χ1n) is 6.96. The first-order chi connectivity index (χ1) is 11.3. The van der Waals surface area contributed by atoms with Gasteiger partial charge in [0, 0.05) is 18.3 Å². The molecule has 1 aromatic heterocycles. The average molecular weight is 340 g/mol. The van der Waals surface area contributed by atoms with Crippen LogP contribution in [0.1, 0.15) is 23.0 Å². The summed E-state index contributed by atoms with van der Waals surface area (Å²) in [6, 6.07) is 7.81. The molecule has 0 saturated carbocycles. The van der Waals surface area contributed by atoms with E-state index in [1.165, 1.54) is 30.3 Å². The van der Waals surface area contributed by atoms with Gasteiger partial charge in [0.1, 0.15) is 11.4 Å². The molecule has 24 heavy (non-hydrogen) atoms. The molecule has 0 spiro atoms. The highest BCUT2D eigenvalue weighted by Gasteiger charge is 2.34. The predicted molar refractivity (Wildman–Crippen MR) is 81.6 cm³/mol. The number of anilines is 1. The molecule has 0 aliphatic rings. The zero-order valence-corrected chi connectivity index (χ0v) is 12.6. The quantitative estimate of drug-likeness (QED) is 0.442. The molecule has 2 aromatic rings. The summed E-state index contributed by atoms with van der Waals surface area (Å²) < 4.78 is 44.7. The van der Waals surface area contributed by atoms with Crippen LogP contribution in [0.4, 0.5) is 18.9 Å². The molecule has 128 valence electrons. The smallest absolute Gasteiger partial charge is 0.418 e. The largest absolute Gasteiger partial charge is 0.439 e. The number of halogens is 3. The van der Waals surface area contributed by atoms with Crippen molar-refractivity contribution in [1.29, 1.82) is 0 Å². The second-order valence-corrected chi connectivity index (χ2v) is 4.67. The van der Waals surface area contributed by atoms with E-state index in [4.69, 9.17) is 10.6 Å². The normalized spacial score (nSPS) is 11.0. The van der Waals surface area contributed by atoms with Crippen LogP contribution in [0.2, 0.25) is 0 Å². The van der Waals surface area contributed by atoms with Crippen molar-refractivity contribution in [2.75, 3.05) is 11.9 Å². The van der Waals surface area contributed by atoms with Crippen LogP contribution in [-0.4, -0.2) is 17.4 Å². The van der Waals surface area contributed by atoms with Crippen molar-refractivity contribution < 1.29 is 22.7 Å². The van der Waals surface area contributed by atoms with E-state index in [-0.39, 0.29) is 23.0 Å². The summed E-state index contributed by atoms with van der Waals surface area (Å²) in [6.45, 7) is 2.05. The number of alkyl halides is 3. The first kappa shape index (κ1) is 17.5. The van der Waals surface area contributed by atoms with E-state index in [1.807, 2.05) is 5.43 Å². The van der Waals surface area contributed by atoms with Gasteiger partial charge in [-0.3, -0.25) is 10.2 Å². The number of carbonyl (C=O) groups is 1. The van der Waals surface area contributed by atoms with Crippen molar-refractivity contribution in [3.63, 3.8) is 0 Å². The van der Waals surface area contributed by atoms with E-state index < -0.39 is 17.6 Å². The van der Waals surface area contributed by atoms with Crippen molar-refractivity contribution in [3.05, 3.63) is 47.7 Å². The Balaban J connectivity index is 2.32. The van der Waals surface area contributed by atoms with Gasteiger partial charge >= 0.3 is 6.18 Å². The lowest BCUT2D eigenvalue weighted by atomic mass is 10.1. The number of benzene rings is 1. The number of hydrogen-bond acceptors (Lipinski definition) is 5. The Hall–Kier alpha value is -2.81. The fourth-order valence-corrected chi connectivity index (χ4v) is 1.96. The predicted octanol–water partition coefficient (Wildman–Crippen LogP) is 2.93. The monoisotopic (exact) mass is 340 g/mol. The molecule has 0 radical (unpaired) electrons.